The minimum atomic E-state index is -0.756. The highest BCUT2D eigenvalue weighted by atomic mass is 16.5. The van der Waals surface area contributed by atoms with Crippen LogP contribution in [-0.2, 0) is 4.65 Å². The normalized spacial score (nSPS) is 17.6. The van der Waals surface area contributed by atoms with Crippen LogP contribution in [0.25, 0.3) is 11.6 Å². The van der Waals surface area contributed by atoms with Crippen molar-refractivity contribution in [1.82, 2.24) is 0 Å². The van der Waals surface area contributed by atoms with Crippen molar-refractivity contribution in [2.75, 3.05) is 0 Å². The average molecular weight is 360 g/mol. The second-order valence-corrected chi connectivity index (χ2v) is 6.92. The van der Waals surface area contributed by atoms with Gasteiger partial charge in [0.25, 0.3) is 0 Å². The number of phenolic OH excluding ortho intramolecular Hbond substituents is 1. The van der Waals surface area contributed by atoms with E-state index >= 15 is 0 Å². The van der Waals surface area contributed by atoms with Crippen molar-refractivity contribution in [3.8, 4) is 5.75 Å². The van der Waals surface area contributed by atoms with E-state index in [4.69, 9.17) is 4.65 Å². The van der Waals surface area contributed by atoms with Crippen molar-refractivity contribution < 1.29 is 14.8 Å². The summed E-state index contributed by atoms with van der Waals surface area (Å²) >= 11 is 0. The molecule has 3 rings (SSSR count). The summed E-state index contributed by atoms with van der Waals surface area (Å²) in [5.74, 6) is 0.252. The summed E-state index contributed by atoms with van der Waals surface area (Å²) in [5.41, 5.74) is 5.30. The van der Waals surface area contributed by atoms with Gasteiger partial charge in [-0.15, -0.1) is 0 Å². The van der Waals surface area contributed by atoms with Gasteiger partial charge in [0.2, 0.25) is 0 Å². The predicted octanol–water partition coefficient (Wildman–Crippen LogP) is 5.09. The third-order valence-electron chi connectivity index (χ3n) is 4.73. The van der Waals surface area contributed by atoms with E-state index in [1.807, 2.05) is 43.3 Å². The monoisotopic (exact) mass is 360 g/mol. The highest BCUT2D eigenvalue weighted by Gasteiger charge is 2.27. The van der Waals surface area contributed by atoms with Crippen molar-refractivity contribution in [3.63, 3.8) is 0 Å². The maximum atomic E-state index is 9.89. The molecule has 0 radical (unpaired) electrons. The van der Waals surface area contributed by atoms with E-state index in [1.54, 1.807) is 12.1 Å². The second kappa shape index (κ2) is 8.89. The van der Waals surface area contributed by atoms with Gasteiger partial charge in [0.1, 0.15) is 5.75 Å². The Morgan fingerprint density at radius 1 is 1.22 bits per heavy atom. The molecule has 0 saturated carbocycles. The minimum absolute atomic E-state index is 0.164. The van der Waals surface area contributed by atoms with Gasteiger partial charge < -0.3 is 14.8 Å². The lowest BCUT2D eigenvalue weighted by Gasteiger charge is -2.27. The molecule has 2 N–H and O–H groups in total. The van der Waals surface area contributed by atoms with Crippen LogP contribution in [0, 0.1) is 0 Å². The lowest BCUT2D eigenvalue weighted by Crippen LogP contribution is -2.31. The third kappa shape index (κ3) is 5.22. The van der Waals surface area contributed by atoms with Gasteiger partial charge in [0.05, 0.1) is 6.10 Å². The number of phenols is 1. The molecule has 138 valence electrons. The minimum Gasteiger partial charge on any atom is -0.508 e. The molecule has 2 aromatic rings. The molecule has 1 aliphatic rings. The van der Waals surface area contributed by atoms with Crippen LogP contribution in [-0.4, -0.2) is 23.4 Å². The Labute approximate surface area is 161 Å². The van der Waals surface area contributed by atoms with Crippen molar-refractivity contribution in [1.29, 1.82) is 0 Å². The van der Waals surface area contributed by atoms with Gasteiger partial charge in [-0.2, -0.15) is 0 Å². The number of hydrogen-bond donors (Lipinski definition) is 2. The van der Waals surface area contributed by atoms with Gasteiger partial charge >= 0.3 is 7.12 Å². The van der Waals surface area contributed by atoms with Crippen LogP contribution in [0.4, 0.5) is 0 Å². The topological polar surface area (TPSA) is 49.7 Å². The molecule has 1 heterocycles. The van der Waals surface area contributed by atoms with E-state index in [0.717, 1.165) is 40.7 Å². The lowest BCUT2D eigenvalue weighted by atomic mass is 9.78. The number of benzene rings is 2. The van der Waals surface area contributed by atoms with E-state index in [0.29, 0.717) is 6.32 Å². The smallest absolute Gasteiger partial charge is 0.458 e. The van der Waals surface area contributed by atoms with Crippen LogP contribution in [0.1, 0.15) is 30.9 Å². The van der Waals surface area contributed by atoms with Crippen LogP contribution in [0.15, 0.2) is 78.4 Å². The number of hydrogen-bond acceptors (Lipinski definition) is 3. The van der Waals surface area contributed by atoms with Crippen LogP contribution >= 0.6 is 0 Å². The maximum Gasteiger partial charge on any atom is 0.458 e. The Morgan fingerprint density at radius 3 is 2.70 bits per heavy atom. The molecule has 3 nitrogen and oxygen atoms in total. The molecule has 1 atom stereocenters. The van der Waals surface area contributed by atoms with E-state index in [-0.39, 0.29) is 11.9 Å². The molecule has 0 spiro atoms. The van der Waals surface area contributed by atoms with Gasteiger partial charge in [-0.1, -0.05) is 66.8 Å². The molecule has 0 aliphatic carbocycles. The first-order valence-corrected chi connectivity index (χ1v) is 9.27. The molecule has 0 amide bonds. The van der Waals surface area contributed by atoms with Gasteiger partial charge in [-0.25, -0.2) is 0 Å². The zero-order valence-electron chi connectivity index (χ0n) is 15.6. The third-order valence-corrected chi connectivity index (χ3v) is 4.73. The zero-order valence-corrected chi connectivity index (χ0v) is 15.6. The van der Waals surface area contributed by atoms with Crippen molar-refractivity contribution in [2.45, 2.75) is 32.2 Å². The van der Waals surface area contributed by atoms with E-state index < -0.39 is 7.12 Å². The second-order valence-electron chi connectivity index (χ2n) is 6.92. The molecule has 0 saturated heterocycles. The van der Waals surface area contributed by atoms with E-state index in [9.17, 15) is 10.1 Å². The number of aromatic hydroxyl groups is 1. The Morgan fingerprint density at radius 2 is 2.00 bits per heavy atom. The quantitative estimate of drug-likeness (QED) is 0.557. The SMILES string of the molecule is C=C(C)C1=CCB(O)OC1CC/C(=C/c1cccc(O)c1)c1ccccc1. The summed E-state index contributed by atoms with van der Waals surface area (Å²) in [6.45, 7) is 6.02. The van der Waals surface area contributed by atoms with Gasteiger partial charge in [-0.05, 0) is 54.2 Å². The lowest BCUT2D eigenvalue weighted by molar-refractivity contribution is 0.184. The van der Waals surface area contributed by atoms with Crippen LogP contribution in [0.5, 0.6) is 5.75 Å². The summed E-state index contributed by atoms with van der Waals surface area (Å²) < 4.78 is 5.78. The standard InChI is InChI=1S/C23H25BO3/c1-17(2)22-13-14-24(26)27-23(22)12-11-20(19-8-4-3-5-9-19)15-18-7-6-10-21(25)16-18/h3-10,13,15-16,23,25-26H,1,11-12,14H2,2H3/b20-15-. The first kappa shape index (κ1) is 19.2. The summed E-state index contributed by atoms with van der Waals surface area (Å²) in [4.78, 5) is 0. The number of allylic oxidation sites excluding steroid dienone is 2. The highest BCUT2D eigenvalue weighted by Crippen LogP contribution is 2.30. The zero-order chi connectivity index (χ0) is 19.2. The van der Waals surface area contributed by atoms with Gasteiger partial charge in [0.15, 0.2) is 0 Å². The summed E-state index contributed by atoms with van der Waals surface area (Å²) in [7, 11) is -0.756. The first-order chi connectivity index (χ1) is 13.0. The van der Waals surface area contributed by atoms with Crippen LogP contribution in [0.3, 0.4) is 0 Å². The Kier molecular flexibility index (Phi) is 6.33. The maximum absolute atomic E-state index is 9.89. The molecule has 1 aliphatic heterocycles. The Hall–Kier alpha value is -2.56. The molecular weight excluding hydrogens is 335 g/mol. The molecular formula is C23H25BO3. The summed E-state index contributed by atoms with van der Waals surface area (Å²) in [6.07, 6.45) is 5.99. The van der Waals surface area contributed by atoms with E-state index in [1.165, 1.54) is 0 Å². The van der Waals surface area contributed by atoms with Crippen LogP contribution in [0.2, 0.25) is 6.32 Å². The van der Waals surface area contributed by atoms with Gasteiger partial charge in [0, 0.05) is 6.32 Å². The largest absolute Gasteiger partial charge is 0.508 e. The van der Waals surface area contributed by atoms with E-state index in [2.05, 4.69) is 24.8 Å². The fraction of sp³-hybridized carbons (Fsp3) is 0.217. The molecule has 0 bridgehead atoms. The van der Waals surface area contributed by atoms with Gasteiger partial charge in [-0.3, -0.25) is 0 Å². The fourth-order valence-corrected chi connectivity index (χ4v) is 3.40. The molecule has 1 unspecified atom stereocenters. The summed E-state index contributed by atoms with van der Waals surface area (Å²) in [6, 6.07) is 17.4. The van der Waals surface area contributed by atoms with Crippen LogP contribution < -0.4 is 0 Å². The van der Waals surface area contributed by atoms with Crippen molar-refractivity contribution in [2.24, 2.45) is 0 Å². The highest BCUT2D eigenvalue weighted by molar-refractivity contribution is 6.43. The molecule has 0 fully saturated rings. The predicted molar refractivity (Wildman–Crippen MR) is 112 cm³/mol. The molecule has 0 aromatic heterocycles. The fourth-order valence-electron chi connectivity index (χ4n) is 3.40. The van der Waals surface area contributed by atoms with Crippen molar-refractivity contribution >= 4 is 18.8 Å². The average Bonchev–Trinajstić information content (AvgIpc) is 2.65. The molecule has 2 aromatic carbocycles. The summed E-state index contributed by atoms with van der Waals surface area (Å²) in [5, 5.41) is 19.6. The Balaban J connectivity index is 1.85. The molecule has 27 heavy (non-hydrogen) atoms. The molecule has 4 heteroatoms. The number of rotatable bonds is 6. The Bertz CT molecular complexity index is 855. The van der Waals surface area contributed by atoms with Crippen molar-refractivity contribution in [3.05, 3.63) is 89.5 Å². The first-order valence-electron chi connectivity index (χ1n) is 9.27.